The Morgan fingerprint density at radius 1 is 1.50 bits per heavy atom. The fraction of sp³-hybridized carbons (Fsp3) is 0.700. The maximum atomic E-state index is 10.5. The average molecular weight is 170 g/mol. The first kappa shape index (κ1) is 11.2. The van der Waals surface area contributed by atoms with Crippen molar-refractivity contribution in [2.45, 2.75) is 39.5 Å². The van der Waals surface area contributed by atoms with Gasteiger partial charge < -0.3 is 9.90 Å². The quantitative estimate of drug-likeness (QED) is 0.378. The second kappa shape index (κ2) is 6.89. The van der Waals surface area contributed by atoms with E-state index in [2.05, 4.69) is 6.92 Å². The van der Waals surface area contributed by atoms with Gasteiger partial charge in [0, 0.05) is 0 Å². The molecule has 0 aromatic heterocycles. The molecule has 0 amide bonds. The van der Waals surface area contributed by atoms with E-state index in [-0.39, 0.29) is 11.7 Å². The Balaban J connectivity index is 3.76. The van der Waals surface area contributed by atoms with Crippen molar-refractivity contribution in [2.75, 3.05) is 0 Å². The molecule has 0 fully saturated rings. The van der Waals surface area contributed by atoms with Crippen molar-refractivity contribution in [3.63, 3.8) is 0 Å². The molecule has 1 atom stereocenters. The highest BCUT2D eigenvalue weighted by Crippen LogP contribution is 2.14. The van der Waals surface area contributed by atoms with Crippen LogP contribution in [0.1, 0.15) is 39.5 Å². The topological polar surface area (TPSA) is 37.3 Å². The summed E-state index contributed by atoms with van der Waals surface area (Å²) < 4.78 is 0. The number of aliphatic hydroxyl groups excluding tert-OH is 1. The molecule has 0 saturated carbocycles. The Morgan fingerprint density at radius 3 is 2.58 bits per heavy atom. The van der Waals surface area contributed by atoms with Gasteiger partial charge in [0.25, 0.3) is 0 Å². The predicted octanol–water partition coefficient (Wildman–Crippen LogP) is 2.84. The molecule has 12 heavy (non-hydrogen) atoms. The van der Waals surface area contributed by atoms with Crippen LogP contribution in [0.25, 0.3) is 0 Å². The lowest BCUT2D eigenvalue weighted by Crippen LogP contribution is -2.05. The molecule has 2 heteroatoms. The Morgan fingerprint density at radius 2 is 2.17 bits per heavy atom. The van der Waals surface area contributed by atoms with Gasteiger partial charge in [-0.15, -0.1) is 0 Å². The van der Waals surface area contributed by atoms with Crippen LogP contribution in [0.4, 0.5) is 0 Å². The highest BCUT2D eigenvalue weighted by molar-refractivity contribution is 5.57. The predicted molar refractivity (Wildman–Crippen MR) is 50.1 cm³/mol. The molecule has 0 aromatic carbocycles. The molecule has 0 bridgehead atoms. The van der Waals surface area contributed by atoms with Crippen molar-refractivity contribution in [3.05, 3.63) is 11.8 Å². The maximum Gasteiger partial charge on any atom is 0.130 e. The standard InChI is InChI=1S/C10H18O2/c1-3-5-6-7-9(8-11)10(12)4-2/h4,8-9,12H,3,5-7H2,1-2H3. The highest BCUT2D eigenvalue weighted by atomic mass is 16.3. The molecule has 0 aromatic rings. The van der Waals surface area contributed by atoms with Crippen LogP contribution >= 0.6 is 0 Å². The van der Waals surface area contributed by atoms with Crippen molar-refractivity contribution in [2.24, 2.45) is 5.92 Å². The zero-order chi connectivity index (χ0) is 9.40. The number of aldehydes is 1. The van der Waals surface area contributed by atoms with E-state index in [1.165, 1.54) is 0 Å². The summed E-state index contributed by atoms with van der Waals surface area (Å²) in [6.45, 7) is 3.86. The Hall–Kier alpha value is -0.790. The molecule has 0 saturated heterocycles. The van der Waals surface area contributed by atoms with E-state index in [1.807, 2.05) is 0 Å². The number of carbonyl (C=O) groups is 1. The second-order valence-corrected chi connectivity index (χ2v) is 2.95. The van der Waals surface area contributed by atoms with Gasteiger partial charge in [0.05, 0.1) is 11.7 Å². The summed E-state index contributed by atoms with van der Waals surface area (Å²) in [4.78, 5) is 10.5. The highest BCUT2D eigenvalue weighted by Gasteiger charge is 2.10. The van der Waals surface area contributed by atoms with Gasteiger partial charge in [-0.05, 0) is 19.4 Å². The van der Waals surface area contributed by atoms with E-state index in [0.29, 0.717) is 0 Å². The molecule has 1 N–H and O–H groups in total. The van der Waals surface area contributed by atoms with Crippen LogP contribution in [0.5, 0.6) is 0 Å². The van der Waals surface area contributed by atoms with Crippen LogP contribution in [-0.4, -0.2) is 11.4 Å². The fourth-order valence-corrected chi connectivity index (χ4v) is 1.11. The summed E-state index contributed by atoms with van der Waals surface area (Å²) in [6, 6.07) is 0. The second-order valence-electron chi connectivity index (χ2n) is 2.95. The molecule has 2 nitrogen and oxygen atoms in total. The first-order valence-electron chi connectivity index (χ1n) is 4.56. The number of unbranched alkanes of at least 4 members (excludes halogenated alkanes) is 2. The number of hydrogen-bond acceptors (Lipinski definition) is 2. The molecular formula is C10H18O2. The van der Waals surface area contributed by atoms with Crippen molar-refractivity contribution >= 4 is 6.29 Å². The Kier molecular flexibility index (Phi) is 6.44. The van der Waals surface area contributed by atoms with E-state index in [9.17, 15) is 9.90 Å². The van der Waals surface area contributed by atoms with Gasteiger partial charge in [0.2, 0.25) is 0 Å². The monoisotopic (exact) mass is 170 g/mol. The van der Waals surface area contributed by atoms with Gasteiger partial charge in [-0.2, -0.15) is 0 Å². The van der Waals surface area contributed by atoms with Crippen molar-refractivity contribution < 1.29 is 9.90 Å². The van der Waals surface area contributed by atoms with Gasteiger partial charge in [-0.3, -0.25) is 0 Å². The summed E-state index contributed by atoms with van der Waals surface area (Å²) in [5.74, 6) is -0.0670. The number of aliphatic hydroxyl groups is 1. The summed E-state index contributed by atoms with van der Waals surface area (Å²) in [5.41, 5.74) is 0. The molecule has 0 radical (unpaired) electrons. The van der Waals surface area contributed by atoms with Gasteiger partial charge in [0.15, 0.2) is 0 Å². The van der Waals surface area contributed by atoms with Gasteiger partial charge >= 0.3 is 0 Å². The third-order valence-electron chi connectivity index (χ3n) is 1.96. The molecule has 0 rings (SSSR count). The number of carbonyl (C=O) groups excluding carboxylic acids is 1. The van der Waals surface area contributed by atoms with Gasteiger partial charge in [-0.25, -0.2) is 0 Å². The van der Waals surface area contributed by atoms with Crippen LogP contribution in [0.2, 0.25) is 0 Å². The zero-order valence-corrected chi connectivity index (χ0v) is 7.92. The van der Waals surface area contributed by atoms with Crippen LogP contribution in [0, 0.1) is 5.92 Å². The number of allylic oxidation sites excluding steroid dienone is 2. The van der Waals surface area contributed by atoms with Gasteiger partial charge in [0.1, 0.15) is 6.29 Å². The number of hydrogen-bond donors (Lipinski definition) is 1. The van der Waals surface area contributed by atoms with Gasteiger partial charge in [-0.1, -0.05) is 26.2 Å². The van der Waals surface area contributed by atoms with E-state index in [0.717, 1.165) is 32.0 Å². The maximum absolute atomic E-state index is 10.5. The third kappa shape index (κ3) is 4.16. The van der Waals surface area contributed by atoms with Crippen LogP contribution in [0.3, 0.4) is 0 Å². The molecule has 0 aliphatic carbocycles. The van der Waals surface area contributed by atoms with Crippen molar-refractivity contribution in [1.82, 2.24) is 0 Å². The molecule has 0 heterocycles. The van der Waals surface area contributed by atoms with Crippen molar-refractivity contribution in [1.29, 1.82) is 0 Å². The summed E-state index contributed by atoms with van der Waals surface area (Å²) in [7, 11) is 0. The Bertz CT molecular complexity index is 150. The van der Waals surface area contributed by atoms with Crippen molar-refractivity contribution in [3.8, 4) is 0 Å². The lowest BCUT2D eigenvalue weighted by atomic mass is 10.0. The largest absolute Gasteiger partial charge is 0.512 e. The minimum atomic E-state index is -0.276. The van der Waals surface area contributed by atoms with Crippen LogP contribution in [-0.2, 0) is 4.79 Å². The number of rotatable bonds is 6. The van der Waals surface area contributed by atoms with E-state index < -0.39 is 0 Å². The first-order valence-corrected chi connectivity index (χ1v) is 4.56. The lowest BCUT2D eigenvalue weighted by Gasteiger charge is -2.07. The summed E-state index contributed by atoms with van der Waals surface area (Å²) in [5, 5.41) is 9.25. The summed E-state index contributed by atoms with van der Waals surface area (Å²) in [6.07, 6.45) is 6.46. The zero-order valence-electron chi connectivity index (χ0n) is 7.92. The molecular weight excluding hydrogens is 152 g/mol. The first-order chi connectivity index (χ1) is 5.76. The molecule has 70 valence electrons. The molecule has 0 aliphatic heterocycles. The Labute approximate surface area is 74.3 Å². The molecule has 0 aliphatic rings. The smallest absolute Gasteiger partial charge is 0.130 e. The third-order valence-corrected chi connectivity index (χ3v) is 1.96. The SMILES string of the molecule is CC=C(O)C(C=O)CCCCC. The van der Waals surface area contributed by atoms with E-state index >= 15 is 0 Å². The average Bonchev–Trinajstić information content (AvgIpc) is 2.11. The fourth-order valence-electron chi connectivity index (χ4n) is 1.11. The normalized spacial score (nSPS) is 14.3. The summed E-state index contributed by atoms with van der Waals surface area (Å²) >= 11 is 0. The molecule has 1 unspecified atom stereocenters. The van der Waals surface area contributed by atoms with E-state index in [4.69, 9.17) is 0 Å². The molecule has 0 spiro atoms. The van der Waals surface area contributed by atoms with Crippen LogP contribution < -0.4 is 0 Å². The minimum Gasteiger partial charge on any atom is -0.512 e. The minimum absolute atomic E-state index is 0.209. The lowest BCUT2D eigenvalue weighted by molar-refractivity contribution is -0.111. The van der Waals surface area contributed by atoms with E-state index in [1.54, 1.807) is 13.0 Å². The van der Waals surface area contributed by atoms with Crippen LogP contribution in [0.15, 0.2) is 11.8 Å².